The summed E-state index contributed by atoms with van der Waals surface area (Å²) in [7, 11) is 0. The Morgan fingerprint density at radius 1 is 1.41 bits per heavy atom. The topological polar surface area (TPSA) is 38.9 Å². The van der Waals surface area contributed by atoms with Crippen LogP contribution in [-0.4, -0.2) is 4.98 Å². The van der Waals surface area contributed by atoms with Gasteiger partial charge in [0, 0.05) is 22.2 Å². The zero-order chi connectivity index (χ0) is 12.4. The van der Waals surface area contributed by atoms with Crippen molar-refractivity contribution >= 4 is 22.7 Å². The molecule has 2 rings (SSSR count). The van der Waals surface area contributed by atoms with Crippen LogP contribution in [0, 0.1) is 13.8 Å². The SMILES string of the molecule is CCc1ccsc1C(N)Cc1nc(C)c(C)s1. The molecule has 1 atom stereocenters. The smallest absolute Gasteiger partial charge is 0.0950 e. The quantitative estimate of drug-likeness (QED) is 0.918. The van der Waals surface area contributed by atoms with Gasteiger partial charge in [-0.25, -0.2) is 4.98 Å². The molecular weight excluding hydrogens is 248 g/mol. The van der Waals surface area contributed by atoms with Crippen LogP contribution in [0.25, 0.3) is 0 Å². The van der Waals surface area contributed by atoms with E-state index in [0.29, 0.717) is 0 Å². The molecule has 0 saturated carbocycles. The predicted octanol–water partition coefficient (Wildman–Crippen LogP) is 3.63. The lowest BCUT2D eigenvalue weighted by Crippen LogP contribution is -2.13. The summed E-state index contributed by atoms with van der Waals surface area (Å²) in [6, 6.07) is 2.27. The van der Waals surface area contributed by atoms with E-state index in [1.807, 2.05) is 0 Å². The highest BCUT2D eigenvalue weighted by atomic mass is 32.1. The van der Waals surface area contributed by atoms with Crippen molar-refractivity contribution < 1.29 is 0 Å². The lowest BCUT2D eigenvalue weighted by atomic mass is 10.1. The first-order valence-electron chi connectivity index (χ1n) is 5.86. The normalized spacial score (nSPS) is 12.9. The van der Waals surface area contributed by atoms with Crippen molar-refractivity contribution in [3.8, 4) is 0 Å². The van der Waals surface area contributed by atoms with Crippen LogP contribution >= 0.6 is 22.7 Å². The van der Waals surface area contributed by atoms with Gasteiger partial charge in [0.15, 0.2) is 0 Å². The minimum atomic E-state index is 0.0925. The third-order valence-electron chi connectivity index (χ3n) is 2.97. The highest BCUT2D eigenvalue weighted by Gasteiger charge is 2.15. The number of hydrogen-bond donors (Lipinski definition) is 1. The van der Waals surface area contributed by atoms with E-state index in [-0.39, 0.29) is 6.04 Å². The first-order chi connectivity index (χ1) is 8.11. The summed E-state index contributed by atoms with van der Waals surface area (Å²) < 4.78 is 0. The van der Waals surface area contributed by atoms with Gasteiger partial charge in [-0.2, -0.15) is 0 Å². The number of rotatable bonds is 4. The summed E-state index contributed by atoms with van der Waals surface area (Å²) >= 11 is 3.53. The van der Waals surface area contributed by atoms with Gasteiger partial charge in [-0.1, -0.05) is 6.92 Å². The second-order valence-electron chi connectivity index (χ2n) is 4.22. The van der Waals surface area contributed by atoms with Gasteiger partial charge in [0.25, 0.3) is 0 Å². The molecule has 0 aliphatic heterocycles. The summed E-state index contributed by atoms with van der Waals surface area (Å²) in [6.45, 7) is 6.35. The molecule has 0 aliphatic rings. The van der Waals surface area contributed by atoms with Gasteiger partial charge in [-0.15, -0.1) is 22.7 Å². The summed E-state index contributed by atoms with van der Waals surface area (Å²) in [4.78, 5) is 7.18. The number of thiazole rings is 1. The minimum Gasteiger partial charge on any atom is -0.323 e. The summed E-state index contributed by atoms with van der Waals surface area (Å²) in [5, 5.41) is 3.29. The lowest BCUT2D eigenvalue weighted by molar-refractivity contribution is 0.722. The fourth-order valence-electron chi connectivity index (χ4n) is 1.87. The van der Waals surface area contributed by atoms with Crippen molar-refractivity contribution in [2.75, 3.05) is 0 Å². The Labute approximate surface area is 111 Å². The van der Waals surface area contributed by atoms with Gasteiger partial charge in [0.05, 0.1) is 10.7 Å². The van der Waals surface area contributed by atoms with E-state index in [4.69, 9.17) is 5.73 Å². The molecular formula is C13H18N2S2. The van der Waals surface area contributed by atoms with E-state index in [1.54, 1.807) is 22.7 Å². The molecule has 0 saturated heterocycles. The van der Waals surface area contributed by atoms with Gasteiger partial charge in [-0.05, 0) is 37.3 Å². The van der Waals surface area contributed by atoms with E-state index in [0.717, 1.165) is 23.5 Å². The van der Waals surface area contributed by atoms with Crippen LogP contribution in [0.2, 0.25) is 0 Å². The monoisotopic (exact) mass is 266 g/mol. The largest absolute Gasteiger partial charge is 0.323 e. The maximum Gasteiger partial charge on any atom is 0.0950 e. The van der Waals surface area contributed by atoms with Crippen LogP contribution in [0.5, 0.6) is 0 Å². The summed E-state index contributed by atoms with van der Waals surface area (Å²) in [5.74, 6) is 0. The Balaban J connectivity index is 2.14. The van der Waals surface area contributed by atoms with Crippen LogP contribution in [0.15, 0.2) is 11.4 Å². The molecule has 0 aromatic carbocycles. The van der Waals surface area contributed by atoms with Gasteiger partial charge in [-0.3, -0.25) is 0 Å². The molecule has 2 nitrogen and oxygen atoms in total. The molecule has 92 valence electrons. The van der Waals surface area contributed by atoms with E-state index < -0.39 is 0 Å². The number of aromatic nitrogens is 1. The molecule has 2 aromatic heterocycles. The van der Waals surface area contributed by atoms with Crippen LogP contribution in [0.1, 0.15) is 39.0 Å². The first-order valence-corrected chi connectivity index (χ1v) is 7.56. The number of nitrogens with zero attached hydrogens (tertiary/aromatic N) is 1. The maximum absolute atomic E-state index is 6.28. The average Bonchev–Trinajstić information content (AvgIpc) is 2.86. The third-order valence-corrected chi connectivity index (χ3v) is 5.15. The molecule has 2 heterocycles. The third kappa shape index (κ3) is 2.76. The average molecular weight is 266 g/mol. The second kappa shape index (κ2) is 5.29. The summed E-state index contributed by atoms with van der Waals surface area (Å²) in [6.07, 6.45) is 1.91. The van der Waals surface area contributed by atoms with Crippen LogP contribution in [0.3, 0.4) is 0 Å². The number of nitrogens with two attached hydrogens (primary N) is 1. The molecule has 0 amide bonds. The van der Waals surface area contributed by atoms with Crippen molar-refractivity contribution in [2.24, 2.45) is 5.73 Å². The molecule has 4 heteroatoms. The van der Waals surface area contributed by atoms with Gasteiger partial charge >= 0.3 is 0 Å². The minimum absolute atomic E-state index is 0.0925. The Morgan fingerprint density at radius 3 is 2.76 bits per heavy atom. The summed E-state index contributed by atoms with van der Waals surface area (Å²) in [5.41, 5.74) is 8.80. The van der Waals surface area contributed by atoms with Crippen molar-refractivity contribution in [3.63, 3.8) is 0 Å². The zero-order valence-corrected chi connectivity index (χ0v) is 12.1. The van der Waals surface area contributed by atoms with Crippen molar-refractivity contribution in [1.82, 2.24) is 4.98 Å². The van der Waals surface area contributed by atoms with E-state index in [9.17, 15) is 0 Å². The standard InChI is InChI=1S/C13H18N2S2/c1-4-10-5-6-16-13(10)11(14)7-12-15-8(2)9(3)17-12/h5-6,11H,4,7,14H2,1-3H3. The van der Waals surface area contributed by atoms with Crippen LogP contribution < -0.4 is 5.73 Å². The highest BCUT2D eigenvalue weighted by Crippen LogP contribution is 2.28. The predicted molar refractivity (Wildman–Crippen MR) is 75.9 cm³/mol. The Hall–Kier alpha value is -0.710. The molecule has 0 radical (unpaired) electrons. The van der Waals surface area contributed by atoms with Crippen molar-refractivity contribution in [3.05, 3.63) is 37.5 Å². The highest BCUT2D eigenvalue weighted by molar-refractivity contribution is 7.11. The van der Waals surface area contributed by atoms with Crippen molar-refractivity contribution in [1.29, 1.82) is 0 Å². The molecule has 0 bridgehead atoms. The molecule has 2 N–H and O–H groups in total. The van der Waals surface area contributed by atoms with Crippen molar-refractivity contribution in [2.45, 2.75) is 39.7 Å². The lowest BCUT2D eigenvalue weighted by Gasteiger charge is -2.09. The second-order valence-corrected chi connectivity index (χ2v) is 6.46. The van der Waals surface area contributed by atoms with Gasteiger partial charge in [0.2, 0.25) is 0 Å². The Bertz CT molecular complexity index is 480. The number of hydrogen-bond acceptors (Lipinski definition) is 4. The fraction of sp³-hybridized carbons (Fsp3) is 0.462. The fourth-order valence-corrected chi connectivity index (χ4v) is 3.87. The van der Waals surface area contributed by atoms with Crippen LogP contribution in [0.4, 0.5) is 0 Å². The Morgan fingerprint density at radius 2 is 2.18 bits per heavy atom. The molecule has 0 spiro atoms. The van der Waals surface area contributed by atoms with E-state index in [1.165, 1.54) is 15.3 Å². The maximum atomic E-state index is 6.28. The zero-order valence-electron chi connectivity index (χ0n) is 10.5. The molecule has 2 aromatic rings. The van der Waals surface area contributed by atoms with Gasteiger partial charge < -0.3 is 5.73 Å². The van der Waals surface area contributed by atoms with E-state index in [2.05, 4.69) is 37.2 Å². The number of thiophene rings is 1. The Kier molecular flexibility index (Phi) is 3.97. The number of aryl methyl sites for hydroxylation is 3. The molecule has 0 fully saturated rings. The molecule has 17 heavy (non-hydrogen) atoms. The molecule has 0 aliphatic carbocycles. The van der Waals surface area contributed by atoms with E-state index >= 15 is 0 Å². The van der Waals surface area contributed by atoms with Gasteiger partial charge in [0.1, 0.15) is 0 Å². The van der Waals surface area contributed by atoms with Crippen LogP contribution in [-0.2, 0) is 12.8 Å². The first kappa shape index (κ1) is 12.7. The molecule has 1 unspecified atom stereocenters.